The number of halogens is 1. The third kappa shape index (κ3) is 3.94. The van der Waals surface area contributed by atoms with Crippen LogP contribution in [0.4, 0.5) is 4.39 Å². The van der Waals surface area contributed by atoms with Crippen molar-refractivity contribution < 1.29 is 13.9 Å². The first-order valence-corrected chi connectivity index (χ1v) is 8.53. The van der Waals surface area contributed by atoms with E-state index in [1.54, 1.807) is 18.2 Å². The highest BCUT2D eigenvalue weighted by molar-refractivity contribution is 5.89. The molecule has 0 atom stereocenters. The Kier molecular flexibility index (Phi) is 5.69. The molecule has 0 saturated heterocycles. The first-order valence-electron chi connectivity index (χ1n) is 8.53. The van der Waals surface area contributed by atoms with E-state index >= 15 is 0 Å². The van der Waals surface area contributed by atoms with Crippen molar-refractivity contribution in [3.63, 3.8) is 0 Å². The Morgan fingerprint density at radius 3 is 2.42 bits per heavy atom. The zero-order valence-corrected chi connectivity index (χ0v) is 14.7. The predicted molar refractivity (Wildman–Crippen MR) is 105 cm³/mol. The molecular formula is C23H21FO2. The van der Waals surface area contributed by atoms with Crippen LogP contribution < -0.4 is 9.47 Å². The summed E-state index contributed by atoms with van der Waals surface area (Å²) in [5.74, 6) is 0.721. The lowest BCUT2D eigenvalue weighted by molar-refractivity contribution is 0.344. The first kappa shape index (κ1) is 17.7. The topological polar surface area (TPSA) is 18.5 Å². The zero-order valence-electron chi connectivity index (χ0n) is 14.7. The van der Waals surface area contributed by atoms with E-state index in [9.17, 15) is 4.39 Å². The molecule has 0 radical (unpaired) electrons. The number of benzene rings is 3. The average molecular weight is 348 g/mol. The molecule has 0 spiro atoms. The molecule has 2 nitrogen and oxygen atoms in total. The van der Waals surface area contributed by atoms with E-state index in [1.807, 2.05) is 61.5 Å². The van der Waals surface area contributed by atoms with E-state index in [-0.39, 0.29) is 18.2 Å². The highest BCUT2D eigenvalue weighted by Gasteiger charge is 2.09. The van der Waals surface area contributed by atoms with Crippen LogP contribution in [0.5, 0.6) is 11.5 Å². The van der Waals surface area contributed by atoms with Crippen molar-refractivity contribution in [1.82, 2.24) is 0 Å². The minimum atomic E-state index is -0.344. The highest BCUT2D eigenvalue weighted by Crippen LogP contribution is 2.31. The van der Waals surface area contributed by atoms with Crippen molar-refractivity contribution in [2.24, 2.45) is 0 Å². The van der Waals surface area contributed by atoms with Gasteiger partial charge in [0.25, 0.3) is 0 Å². The van der Waals surface area contributed by atoms with E-state index in [1.165, 1.54) is 0 Å². The Morgan fingerprint density at radius 2 is 1.69 bits per heavy atom. The standard InChI is InChI=1S/C23H21FO2/c1-3-5-15-25-20-10-6-17(7-11-20)18-8-12-21-19(16-18)9-13-22(23(21)24)26-14-4-2/h3-13,16H,2,14-15H2,1H3. The lowest BCUT2D eigenvalue weighted by Gasteiger charge is -2.10. The smallest absolute Gasteiger partial charge is 0.172 e. The van der Waals surface area contributed by atoms with Crippen LogP contribution >= 0.6 is 0 Å². The third-order valence-corrected chi connectivity index (χ3v) is 4.04. The summed E-state index contributed by atoms with van der Waals surface area (Å²) < 4.78 is 25.5. The Hall–Kier alpha value is -3.07. The van der Waals surface area contributed by atoms with E-state index < -0.39 is 0 Å². The number of hydrogen-bond donors (Lipinski definition) is 0. The number of rotatable bonds is 7. The van der Waals surface area contributed by atoms with Gasteiger partial charge in [0.05, 0.1) is 0 Å². The fourth-order valence-electron chi connectivity index (χ4n) is 2.70. The van der Waals surface area contributed by atoms with Crippen molar-refractivity contribution in [2.45, 2.75) is 6.92 Å². The van der Waals surface area contributed by atoms with Crippen LogP contribution in [0.25, 0.3) is 21.9 Å². The van der Waals surface area contributed by atoms with Crippen LogP contribution in [-0.4, -0.2) is 13.2 Å². The molecule has 0 N–H and O–H groups in total. The fraction of sp³-hybridized carbons (Fsp3) is 0.130. The summed E-state index contributed by atoms with van der Waals surface area (Å²) >= 11 is 0. The van der Waals surface area contributed by atoms with Crippen molar-refractivity contribution in [1.29, 1.82) is 0 Å². The van der Waals surface area contributed by atoms with Gasteiger partial charge in [-0.25, -0.2) is 4.39 Å². The molecule has 3 aromatic rings. The largest absolute Gasteiger partial charge is 0.490 e. The Balaban J connectivity index is 1.85. The molecule has 3 heteroatoms. The van der Waals surface area contributed by atoms with E-state index in [4.69, 9.17) is 9.47 Å². The van der Waals surface area contributed by atoms with Crippen molar-refractivity contribution >= 4 is 10.8 Å². The zero-order chi connectivity index (χ0) is 18.4. The van der Waals surface area contributed by atoms with E-state index in [0.717, 1.165) is 22.3 Å². The SMILES string of the molecule is C=CCOc1ccc2cc(-c3ccc(OCC=CC)cc3)ccc2c1F. The molecule has 0 aliphatic rings. The summed E-state index contributed by atoms with van der Waals surface area (Å²) in [5, 5.41) is 1.38. The van der Waals surface area contributed by atoms with Crippen LogP contribution in [0, 0.1) is 5.82 Å². The quantitative estimate of drug-likeness (QED) is 0.476. The molecule has 0 aliphatic heterocycles. The monoisotopic (exact) mass is 348 g/mol. The summed E-state index contributed by atoms with van der Waals surface area (Å²) in [6.07, 6.45) is 5.51. The maximum absolute atomic E-state index is 14.5. The van der Waals surface area contributed by atoms with Gasteiger partial charge < -0.3 is 9.47 Å². The van der Waals surface area contributed by atoms with Crippen LogP contribution in [0.1, 0.15) is 6.92 Å². The van der Waals surface area contributed by atoms with Crippen LogP contribution in [-0.2, 0) is 0 Å². The number of ether oxygens (including phenoxy) is 2. The number of fused-ring (bicyclic) bond motifs is 1. The first-order chi connectivity index (χ1) is 12.7. The van der Waals surface area contributed by atoms with Gasteiger partial charge in [-0.1, -0.05) is 55.1 Å². The van der Waals surface area contributed by atoms with Gasteiger partial charge in [0, 0.05) is 5.39 Å². The second-order valence-corrected chi connectivity index (χ2v) is 5.82. The molecule has 0 saturated carbocycles. The van der Waals surface area contributed by atoms with Gasteiger partial charge in [0.2, 0.25) is 0 Å². The van der Waals surface area contributed by atoms with E-state index in [2.05, 4.69) is 6.58 Å². The summed E-state index contributed by atoms with van der Waals surface area (Å²) in [6.45, 7) is 6.38. The minimum absolute atomic E-state index is 0.243. The Labute approximate surface area is 153 Å². The molecule has 0 amide bonds. The van der Waals surface area contributed by atoms with Gasteiger partial charge in [0.1, 0.15) is 19.0 Å². The van der Waals surface area contributed by atoms with Crippen molar-refractivity contribution in [3.8, 4) is 22.6 Å². The van der Waals surface area contributed by atoms with Crippen molar-refractivity contribution in [2.75, 3.05) is 13.2 Å². The average Bonchev–Trinajstić information content (AvgIpc) is 2.68. The molecule has 0 fully saturated rings. The Bertz CT molecular complexity index is 927. The minimum Gasteiger partial charge on any atom is -0.490 e. The molecule has 0 bridgehead atoms. The van der Waals surface area contributed by atoms with Gasteiger partial charge in [-0.3, -0.25) is 0 Å². The second kappa shape index (κ2) is 8.34. The maximum atomic E-state index is 14.5. The van der Waals surface area contributed by atoms with Gasteiger partial charge in [-0.15, -0.1) is 0 Å². The van der Waals surface area contributed by atoms with Gasteiger partial charge >= 0.3 is 0 Å². The van der Waals surface area contributed by atoms with Gasteiger partial charge in [-0.05, 0) is 47.7 Å². The summed E-state index contributed by atoms with van der Waals surface area (Å²) in [4.78, 5) is 0. The summed E-state index contributed by atoms with van der Waals surface area (Å²) in [5.41, 5.74) is 2.08. The van der Waals surface area contributed by atoms with Crippen LogP contribution in [0.2, 0.25) is 0 Å². The second-order valence-electron chi connectivity index (χ2n) is 5.82. The summed E-state index contributed by atoms with van der Waals surface area (Å²) in [6, 6.07) is 17.1. The Morgan fingerprint density at radius 1 is 0.923 bits per heavy atom. The predicted octanol–water partition coefficient (Wildman–Crippen LogP) is 6.17. The van der Waals surface area contributed by atoms with Gasteiger partial charge in [0.15, 0.2) is 11.6 Å². The lowest BCUT2D eigenvalue weighted by Crippen LogP contribution is -1.96. The van der Waals surface area contributed by atoms with E-state index in [0.29, 0.717) is 12.0 Å². The lowest BCUT2D eigenvalue weighted by atomic mass is 10.0. The maximum Gasteiger partial charge on any atom is 0.172 e. The third-order valence-electron chi connectivity index (χ3n) is 4.04. The summed E-state index contributed by atoms with van der Waals surface area (Å²) in [7, 11) is 0. The number of allylic oxidation sites excluding steroid dienone is 1. The molecule has 0 aromatic heterocycles. The molecule has 0 unspecified atom stereocenters. The van der Waals surface area contributed by atoms with Crippen molar-refractivity contribution in [3.05, 3.63) is 85.2 Å². The van der Waals surface area contributed by atoms with Gasteiger partial charge in [-0.2, -0.15) is 0 Å². The molecule has 3 aromatic carbocycles. The molecule has 0 aliphatic carbocycles. The van der Waals surface area contributed by atoms with Crippen LogP contribution in [0.15, 0.2) is 79.4 Å². The molecular weight excluding hydrogens is 327 g/mol. The molecule has 3 rings (SSSR count). The number of hydrogen-bond acceptors (Lipinski definition) is 2. The highest BCUT2D eigenvalue weighted by atomic mass is 19.1. The molecule has 26 heavy (non-hydrogen) atoms. The normalized spacial score (nSPS) is 11.0. The molecule has 0 heterocycles. The molecule has 132 valence electrons. The fourth-order valence-corrected chi connectivity index (χ4v) is 2.70. The van der Waals surface area contributed by atoms with Crippen LogP contribution in [0.3, 0.4) is 0 Å².